The first kappa shape index (κ1) is 22.2. The van der Waals surface area contributed by atoms with E-state index in [2.05, 4.69) is 21.7 Å². The second kappa shape index (κ2) is 9.24. The van der Waals surface area contributed by atoms with Crippen molar-refractivity contribution in [3.8, 4) is 0 Å². The summed E-state index contributed by atoms with van der Waals surface area (Å²) in [5.74, 6) is -1.11. The van der Waals surface area contributed by atoms with Crippen LogP contribution in [0.1, 0.15) is 42.5 Å². The highest BCUT2D eigenvalue weighted by Gasteiger charge is 2.45. The number of oxime groups is 1. The lowest BCUT2D eigenvalue weighted by Crippen LogP contribution is -2.45. The number of piperidine rings is 1. The molecule has 0 spiro atoms. The lowest BCUT2D eigenvalue weighted by molar-refractivity contribution is -0.155. The molecule has 1 unspecified atom stereocenters. The first-order valence-electron chi connectivity index (χ1n) is 11.0. The molecule has 1 aromatic heterocycles. The maximum Gasteiger partial charge on any atom is 0.309 e. The summed E-state index contributed by atoms with van der Waals surface area (Å²) in [4.78, 5) is 20.1. The highest BCUT2D eigenvalue weighted by atomic mass is 19.1. The van der Waals surface area contributed by atoms with E-state index in [1.54, 1.807) is 12.1 Å². The number of hydrogen-bond donors (Lipinski definition) is 1. The molecule has 1 saturated heterocycles. The van der Waals surface area contributed by atoms with E-state index in [4.69, 9.17) is 4.84 Å². The highest BCUT2D eigenvalue weighted by molar-refractivity contribution is 6.01. The van der Waals surface area contributed by atoms with Gasteiger partial charge in [0.15, 0.2) is 0 Å². The Morgan fingerprint density at radius 2 is 2.19 bits per heavy atom. The Morgan fingerprint density at radius 1 is 1.41 bits per heavy atom. The van der Waals surface area contributed by atoms with Crippen LogP contribution in [-0.4, -0.2) is 50.7 Å². The van der Waals surface area contributed by atoms with Gasteiger partial charge in [-0.1, -0.05) is 23.4 Å². The van der Waals surface area contributed by atoms with Crippen LogP contribution in [0.2, 0.25) is 0 Å². The molecule has 0 aliphatic carbocycles. The number of halogens is 1. The fraction of sp³-hybridized carbons (Fsp3) is 0.458. The fourth-order valence-corrected chi connectivity index (χ4v) is 4.64. The van der Waals surface area contributed by atoms with Crippen LogP contribution in [0.15, 0.2) is 48.3 Å². The zero-order valence-electron chi connectivity index (χ0n) is 18.3. The number of nitrogens with zero attached hydrogens (tertiary/aromatic N) is 4. The van der Waals surface area contributed by atoms with Gasteiger partial charge in [0, 0.05) is 36.2 Å². The van der Waals surface area contributed by atoms with Gasteiger partial charge in [0.05, 0.1) is 23.9 Å². The molecule has 1 fully saturated rings. The number of aromatic nitrogens is 2. The van der Waals surface area contributed by atoms with Crippen LogP contribution < -0.4 is 0 Å². The van der Waals surface area contributed by atoms with Crippen molar-refractivity contribution in [3.63, 3.8) is 0 Å². The number of allylic oxidation sites excluding steroid dienone is 1. The minimum Gasteiger partial charge on any atom is -0.481 e. The summed E-state index contributed by atoms with van der Waals surface area (Å²) in [6.45, 7) is 8.63. The number of rotatable bonds is 8. The number of hydrogen-bond acceptors (Lipinski definition) is 5. The smallest absolute Gasteiger partial charge is 0.309 e. The topological polar surface area (TPSA) is 80.0 Å². The van der Waals surface area contributed by atoms with Crippen molar-refractivity contribution >= 4 is 11.7 Å². The van der Waals surface area contributed by atoms with E-state index in [9.17, 15) is 14.3 Å². The molecule has 2 aromatic rings. The van der Waals surface area contributed by atoms with Gasteiger partial charge in [-0.15, -0.1) is 6.58 Å². The van der Waals surface area contributed by atoms with Crippen LogP contribution in [0.25, 0.3) is 0 Å². The van der Waals surface area contributed by atoms with Gasteiger partial charge in [-0.05, 0) is 45.0 Å². The third kappa shape index (κ3) is 4.60. The van der Waals surface area contributed by atoms with Gasteiger partial charge in [0.2, 0.25) is 0 Å². The standard InChI is InChI=1S/C24H29FN4O3/c1-3-9-29-17(2)19(15-26-29)16-28-10-7-24(8-11-28,23(30)31)14-21-13-22(27-32-21)18-5-4-6-20(25)12-18/h3-6,12,15,21H,1,7-11,13-14,16H2,2H3,(H,30,31). The first-order valence-corrected chi connectivity index (χ1v) is 11.0. The van der Waals surface area contributed by atoms with E-state index in [0.717, 1.165) is 17.8 Å². The molecule has 4 rings (SSSR count). The number of carbonyl (C=O) groups is 1. The summed E-state index contributed by atoms with van der Waals surface area (Å²) in [5.41, 5.74) is 2.78. The van der Waals surface area contributed by atoms with Gasteiger partial charge in [-0.3, -0.25) is 14.4 Å². The Balaban J connectivity index is 1.36. The van der Waals surface area contributed by atoms with Gasteiger partial charge in [-0.2, -0.15) is 5.10 Å². The maximum absolute atomic E-state index is 13.5. The molecule has 2 aliphatic heterocycles. The van der Waals surface area contributed by atoms with Crippen molar-refractivity contribution < 1.29 is 19.1 Å². The van der Waals surface area contributed by atoms with E-state index >= 15 is 0 Å². The third-order valence-electron chi connectivity index (χ3n) is 6.68. The Labute approximate surface area is 187 Å². The Hall–Kier alpha value is -3.00. The van der Waals surface area contributed by atoms with E-state index in [0.29, 0.717) is 56.6 Å². The molecule has 1 aromatic carbocycles. The number of benzene rings is 1. The lowest BCUT2D eigenvalue weighted by Gasteiger charge is -2.39. The van der Waals surface area contributed by atoms with E-state index in [-0.39, 0.29) is 11.9 Å². The SMILES string of the molecule is C=CCn1ncc(CN2CCC(CC3CC(c4cccc(F)c4)=NO3)(C(=O)O)CC2)c1C. The molecule has 7 nitrogen and oxygen atoms in total. The van der Waals surface area contributed by atoms with Crippen LogP contribution in [-0.2, 0) is 22.7 Å². The van der Waals surface area contributed by atoms with Crippen molar-refractivity contribution in [2.24, 2.45) is 10.6 Å². The average molecular weight is 441 g/mol. The molecular weight excluding hydrogens is 411 g/mol. The van der Waals surface area contributed by atoms with Crippen LogP contribution in [0.3, 0.4) is 0 Å². The summed E-state index contributed by atoms with van der Waals surface area (Å²) in [7, 11) is 0. The minimum atomic E-state index is -0.837. The lowest BCUT2D eigenvalue weighted by atomic mass is 9.73. The van der Waals surface area contributed by atoms with Gasteiger partial charge < -0.3 is 9.94 Å². The van der Waals surface area contributed by atoms with Crippen LogP contribution >= 0.6 is 0 Å². The quantitative estimate of drug-likeness (QED) is 0.632. The molecule has 0 radical (unpaired) electrons. The van der Waals surface area contributed by atoms with Crippen LogP contribution in [0, 0.1) is 18.2 Å². The van der Waals surface area contributed by atoms with E-state index < -0.39 is 11.4 Å². The molecule has 1 N–H and O–H groups in total. The number of aliphatic carboxylic acids is 1. The maximum atomic E-state index is 13.5. The molecule has 0 bridgehead atoms. The monoisotopic (exact) mass is 440 g/mol. The molecule has 0 saturated carbocycles. The van der Waals surface area contributed by atoms with E-state index in [1.165, 1.54) is 12.1 Å². The Morgan fingerprint density at radius 3 is 2.88 bits per heavy atom. The van der Waals surface area contributed by atoms with Gasteiger partial charge >= 0.3 is 5.97 Å². The number of carboxylic acids is 1. The molecule has 32 heavy (non-hydrogen) atoms. The van der Waals surface area contributed by atoms with Gasteiger partial charge in [0.25, 0.3) is 0 Å². The van der Waals surface area contributed by atoms with Crippen LogP contribution in [0.5, 0.6) is 0 Å². The van der Waals surface area contributed by atoms with Crippen molar-refractivity contribution in [2.45, 2.75) is 51.8 Å². The zero-order chi connectivity index (χ0) is 22.7. The second-order valence-corrected chi connectivity index (χ2v) is 8.77. The summed E-state index contributed by atoms with van der Waals surface area (Å²) in [6.07, 6.45) is 5.39. The zero-order valence-corrected chi connectivity index (χ0v) is 18.3. The van der Waals surface area contributed by atoms with Gasteiger partial charge in [-0.25, -0.2) is 4.39 Å². The molecule has 8 heteroatoms. The Kier molecular flexibility index (Phi) is 6.41. The summed E-state index contributed by atoms with van der Waals surface area (Å²) in [6, 6.07) is 6.24. The predicted molar refractivity (Wildman–Crippen MR) is 119 cm³/mol. The molecule has 2 aliphatic rings. The number of likely N-dealkylation sites (tertiary alicyclic amines) is 1. The summed E-state index contributed by atoms with van der Waals surface area (Å²) < 4.78 is 15.4. The van der Waals surface area contributed by atoms with Crippen molar-refractivity contribution in [2.75, 3.05) is 13.1 Å². The van der Waals surface area contributed by atoms with Crippen LogP contribution in [0.4, 0.5) is 4.39 Å². The van der Waals surface area contributed by atoms with Crippen molar-refractivity contribution in [1.29, 1.82) is 0 Å². The summed E-state index contributed by atoms with van der Waals surface area (Å²) >= 11 is 0. The normalized spacial score (nSPS) is 20.6. The third-order valence-corrected chi connectivity index (χ3v) is 6.68. The Bertz CT molecular complexity index is 1020. The predicted octanol–water partition coefficient (Wildman–Crippen LogP) is 3.77. The number of carboxylic acid groups (broad SMARTS) is 1. The molecular formula is C24H29FN4O3. The van der Waals surface area contributed by atoms with Crippen molar-refractivity contribution in [3.05, 3.63) is 65.8 Å². The average Bonchev–Trinajstić information content (AvgIpc) is 3.37. The minimum absolute atomic E-state index is 0.310. The highest BCUT2D eigenvalue weighted by Crippen LogP contribution is 2.39. The second-order valence-electron chi connectivity index (χ2n) is 8.77. The molecule has 1 atom stereocenters. The largest absolute Gasteiger partial charge is 0.481 e. The first-order chi connectivity index (χ1) is 15.4. The fourth-order valence-electron chi connectivity index (χ4n) is 4.64. The van der Waals surface area contributed by atoms with E-state index in [1.807, 2.05) is 23.9 Å². The van der Waals surface area contributed by atoms with Gasteiger partial charge in [0.1, 0.15) is 11.9 Å². The molecule has 3 heterocycles. The summed E-state index contributed by atoms with van der Waals surface area (Å²) in [5, 5.41) is 18.6. The molecule has 170 valence electrons. The molecule has 0 amide bonds. The van der Waals surface area contributed by atoms with Crippen molar-refractivity contribution in [1.82, 2.24) is 14.7 Å².